The predicted octanol–water partition coefficient (Wildman–Crippen LogP) is 12.8. The van der Waals surface area contributed by atoms with Gasteiger partial charge in [-0.05, 0) is 121 Å². The molecular formula is C39H60. The molecule has 0 nitrogen and oxygen atoms in total. The molecule has 0 saturated heterocycles. The third-order valence-corrected chi connectivity index (χ3v) is 7.01. The van der Waals surface area contributed by atoms with Crippen LogP contribution in [-0.2, 0) is 0 Å². The van der Waals surface area contributed by atoms with Crippen molar-refractivity contribution >= 4 is 0 Å². The van der Waals surface area contributed by atoms with E-state index >= 15 is 0 Å². The van der Waals surface area contributed by atoms with Gasteiger partial charge in [0, 0.05) is 0 Å². The third-order valence-electron chi connectivity index (χ3n) is 7.01. The van der Waals surface area contributed by atoms with Crippen LogP contribution in [0.15, 0.2) is 107 Å². The SMILES string of the molecule is C.C=C/C=C(\C=C/C)/C=C/C1=CC=C(C)CC1.CC.CC1=CC(C)CC(C)=C1C.Cc1cc(C)c(C)c(C)c1. The molecule has 0 amide bonds. The van der Waals surface area contributed by atoms with E-state index in [2.05, 4.69) is 117 Å². The van der Waals surface area contributed by atoms with Crippen LogP contribution in [0.5, 0.6) is 0 Å². The number of allylic oxidation sites excluding steroid dienone is 15. The first-order valence-electron chi connectivity index (χ1n) is 14.4. The first-order valence-corrected chi connectivity index (χ1v) is 14.4. The second-order valence-electron chi connectivity index (χ2n) is 10.5. The molecule has 0 aromatic heterocycles. The molecule has 0 heteroatoms. The van der Waals surface area contributed by atoms with Crippen molar-refractivity contribution in [1.82, 2.24) is 0 Å². The van der Waals surface area contributed by atoms with Gasteiger partial charge in [-0.3, -0.25) is 0 Å². The largest absolute Gasteiger partial charge is 0.0990 e. The van der Waals surface area contributed by atoms with Gasteiger partial charge in [0.1, 0.15) is 0 Å². The molecule has 0 N–H and O–H groups in total. The number of rotatable bonds is 4. The van der Waals surface area contributed by atoms with Crippen LogP contribution >= 0.6 is 0 Å². The summed E-state index contributed by atoms with van der Waals surface area (Å²) in [4.78, 5) is 0. The molecule has 1 aromatic rings. The summed E-state index contributed by atoms with van der Waals surface area (Å²) in [5.74, 6) is 0.753. The summed E-state index contributed by atoms with van der Waals surface area (Å²) in [6, 6.07) is 4.45. The van der Waals surface area contributed by atoms with Crippen LogP contribution < -0.4 is 0 Å². The molecule has 1 aromatic carbocycles. The Morgan fingerprint density at radius 2 is 1.46 bits per heavy atom. The van der Waals surface area contributed by atoms with Crippen molar-refractivity contribution in [2.45, 2.75) is 110 Å². The van der Waals surface area contributed by atoms with Crippen molar-refractivity contribution in [3.05, 3.63) is 129 Å². The summed E-state index contributed by atoms with van der Waals surface area (Å²) in [6.07, 6.45) is 22.6. The first kappa shape index (κ1) is 38.3. The lowest BCUT2D eigenvalue weighted by Crippen LogP contribution is -2.01. The monoisotopic (exact) mass is 528 g/mol. The molecule has 1 unspecified atom stereocenters. The number of aryl methyl sites for hydroxylation is 3. The summed E-state index contributed by atoms with van der Waals surface area (Å²) in [6.45, 7) is 29.5. The first-order chi connectivity index (χ1) is 18.0. The Labute approximate surface area is 244 Å². The second kappa shape index (κ2) is 21.0. The highest BCUT2D eigenvalue weighted by Crippen LogP contribution is 2.27. The van der Waals surface area contributed by atoms with Crippen LogP contribution in [-0.4, -0.2) is 0 Å². The van der Waals surface area contributed by atoms with Crippen LogP contribution in [0.2, 0.25) is 0 Å². The number of hydrogen-bond acceptors (Lipinski definition) is 0. The molecule has 0 aliphatic heterocycles. The van der Waals surface area contributed by atoms with E-state index in [1.54, 1.807) is 5.57 Å². The van der Waals surface area contributed by atoms with Gasteiger partial charge < -0.3 is 0 Å². The topological polar surface area (TPSA) is 0 Å². The van der Waals surface area contributed by atoms with E-state index < -0.39 is 0 Å². The van der Waals surface area contributed by atoms with Crippen molar-refractivity contribution in [3.63, 3.8) is 0 Å². The maximum absolute atomic E-state index is 3.72. The normalized spacial score (nSPS) is 16.9. The lowest BCUT2D eigenvalue weighted by Gasteiger charge is -2.18. The van der Waals surface area contributed by atoms with Gasteiger partial charge >= 0.3 is 0 Å². The summed E-state index contributed by atoms with van der Waals surface area (Å²) in [7, 11) is 0. The number of benzene rings is 1. The van der Waals surface area contributed by atoms with Crippen LogP contribution in [0.1, 0.15) is 104 Å². The van der Waals surface area contributed by atoms with E-state index in [4.69, 9.17) is 0 Å². The van der Waals surface area contributed by atoms with E-state index in [-0.39, 0.29) is 7.43 Å². The molecule has 0 fully saturated rings. The fraction of sp³-hybridized carbons (Fsp3) is 0.436. The van der Waals surface area contributed by atoms with E-state index in [0.717, 1.165) is 12.3 Å². The summed E-state index contributed by atoms with van der Waals surface area (Å²) in [5, 5.41) is 0. The maximum Gasteiger partial charge on any atom is -0.0219 e. The molecule has 0 heterocycles. The zero-order valence-corrected chi connectivity index (χ0v) is 26.8. The quantitative estimate of drug-likeness (QED) is 0.341. The van der Waals surface area contributed by atoms with E-state index in [9.17, 15) is 0 Å². The van der Waals surface area contributed by atoms with Gasteiger partial charge in [0.15, 0.2) is 0 Å². The molecular weight excluding hydrogens is 468 g/mol. The minimum absolute atomic E-state index is 0. The Hall–Kier alpha value is -2.86. The van der Waals surface area contributed by atoms with Crippen molar-refractivity contribution < 1.29 is 0 Å². The van der Waals surface area contributed by atoms with Gasteiger partial charge in [-0.25, -0.2) is 0 Å². The molecule has 0 radical (unpaired) electrons. The molecule has 0 bridgehead atoms. The van der Waals surface area contributed by atoms with Gasteiger partial charge in [-0.2, -0.15) is 0 Å². The highest BCUT2D eigenvalue weighted by atomic mass is 14.2. The fourth-order valence-electron chi connectivity index (χ4n) is 4.43. The van der Waals surface area contributed by atoms with Crippen LogP contribution in [0.4, 0.5) is 0 Å². The lowest BCUT2D eigenvalue weighted by atomic mass is 9.88. The molecule has 2 aliphatic carbocycles. The molecule has 2 aliphatic rings. The predicted molar refractivity (Wildman–Crippen MR) is 183 cm³/mol. The molecule has 39 heavy (non-hydrogen) atoms. The van der Waals surface area contributed by atoms with Gasteiger partial charge in [-0.15, -0.1) is 0 Å². The van der Waals surface area contributed by atoms with Crippen molar-refractivity contribution in [2.24, 2.45) is 5.92 Å². The van der Waals surface area contributed by atoms with Gasteiger partial charge in [-0.1, -0.05) is 124 Å². The maximum atomic E-state index is 3.72. The molecule has 3 rings (SSSR count). The zero-order valence-electron chi connectivity index (χ0n) is 26.8. The van der Waals surface area contributed by atoms with Gasteiger partial charge in [0.2, 0.25) is 0 Å². The van der Waals surface area contributed by atoms with Crippen molar-refractivity contribution in [1.29, 1.82) is 0 Å². The van der Waals surface area contributed by atoms with Gasteiger partial charge in [0.05, 0.1) is 0 Å². The Morgan fingerprint density at radius 3 is 1.92 bits per heavy atom. The zero-order chi connectivity index (χ0) is 29.3. The smallest absolute Gasteiger partial charge is 0.0219 e. The highest BCUT2D eigenvalue weighted by Gasteiger charge is 2.10. The summed E-state index contributed by atoms with van der Waals surface area (Å²) in [5.41, 5.74) is 14.2. The van der Waals surface area contributed by atoms with E-state index in [1.165, 1.54) is 63.0 Å². The summed E-state index contributed by atoms with van der Waals surface area (Å²) >= 11 is 0. The van der Waals surface area contributed by atoms with E-state index in [1.807, 2.05) is 39.0 Å². The second-order valence-corrected chi connectivity index (χ2v) is 10.5. The van der Waals surface area contributed by atoms with Crippen LogP contribution in [0.25, 0.3) is 0 Å². The Bertz CT molecular complexity index is 1080. The van der Waals surface area contributed by atoms with Gasteiger partial charge in [0.25, 0.3) is 0 Å². The van der Waals surface area contributed by atoms with E-state index in [0.29, 0.717) is 0 Å². The number of hydrogen-bond donors (Lipinski definition) is 0. The molecule has 1 atom stereocenters. The molecule has 0 spiro atoms. The minimum atomic E-state index is 0. The molecule has 216 valence electrons. The average Bonchev–Trinajstić information content (AvgIpc) is 2.87. The average molecular weight is 529 g/mol. The Kier molecular flexibility index (Phi) is 20.6. The summed E-state index contributed by atoms with van der Waals surface area (Å²) < 4.78 is 0. The van der Waals surface area contributed by atoms with Crippen LogP contribution in [0.3, 0.4) is 0 Å². The Morgan fingerprint density at radius 1 is 0.872 bits per heavy atom. The Balaban J connectivity index is 0. The lowest BCUT2D eigenvalue weighted by molar-refractivity contribution is 0.691. The minimum Gasteiger partial charge on any atom is -0.0990 e. The van der Waals surface area contributed by atoms with Crippen molar-refractivity contribution in [3.8, 4) is 0 Å². The third kappa shape index (κ3) is 15.4. The fourth-order valence-corrected chi connectivity index (χ4v) is 4.43. The highest BCUT2D eigenvalue weighted by molar-refractivity contribution is 5.39. The standard InChI is InChI=1S/C16H20.C10H16.C10H14.C2H6.CH4/c1-4-6-15(7-5-2)12-13-16-10-8-14(3)9-11-16;2*1-7-5-8(2)10(4)9(3)6-7;1-2;/h4-8,10,12-13H,1,9,11H2,2-3H3;5,7H,6H2,1-4H3;5-6H,1-4H3;1-2H3;1H4/b7-5-,13-12+,15-6+;;;;. The molecule has 0 saturated carbocycles. The van der Waals surface area contributed by atoms with Crippen LogP contribution in [0, 0.1) is 33.6 Å². The van der Waals surface area contributed by atoms with Crippen molar-refractivity contribution in [2.75, 3.05) is 0 Å².